The molecule has 4 heteroatoms. The van der Waals surface area contributed by atoms with E-state index in [2.05, 4.69) is 17.6 Å². The van der Waals surface area contributed by atoms with E-state index < -0.39 is 0 Å². The predicted octanol–water partition coefficient (Wildman–Crippen LogP) is 1.43. The number of hydrogen-bond acceptors (Lipinski definition) is 3. The molecule has 1 aliphatic heterocycles. The van der Waals surface area contributed by atoms with Crippen LogP contribution < -0.4 is 10.6 Å². The van der Waals surface area contributed by atoms with Crippen LogP contribution in [0.1, 0.15) is 51.9 Å². The number of amides is 1. The SMILES string of the molecule is CC1CCC(CO)(NC(=O)CCC2CCNC2)CC1. The van der Waals surface area contributed by atoms with Gasteiger partial charge in [0.2, 0.25) is 5.91 Å². The Balaban J connectivity index is 1.75. The van der Waals surface area contributed by atoms with Crippen molar-refractivity contribution in [1.82, 2.24) is 10.6 Å². The Bertz CT molecular complexity index is 293. The number of nitrogens with one attached hydrogen (secondary N) is 2. The van der Waals surface area contributed by atoms with E-state index in [9.17, 15) is 9.90 Å². The number of aliphatic hydroxyl groups is 1. The molecule has 19 heavy (non-hydrogen) atoms. The predicted molar refractivity (Wildman–Crippen MR) is 75.8 cm³/mol. The number of carbonyl (C=O) groups is 1. The van der Waals surface area contributed by atoms with Crippen LogP contribution >= 0.6 is 0 Å². The van der Waals surface area contributed by atoms with E-state index in [1.54, 1.807) is 0 Å². The summed E-state index contributed by atoms with van der Waals surface area (Å²) in [5.41, 5.74) is -0.336. The number of carbonyl (C=O) groups excluding carboxylic acids is 1. The molecular weight excluding hydrogens is 240 g/mol. The van der Waals surface area contributed by atoms with Gasteiger partial charge in [-0.3, -0.25) is 4.79 Å². The van der Waals surface area contributed by atoms with Gasteiger partial charge in [0, 0.05) is 6.42 Å². The van der Waals surface area contributed by atoms with Crippen LogP contribution in [0, 0.1) is 11.8 Å². The maximum absolute atomic E-state index is 12.1. The first-order valence-electron chi connectivity index (χ1n) is 7.76. The van der Waals surface area contributed by atoms with Gasteiger partial charge in [0.1, 0.15) is 0 Å². The van der Waals surface area contributed by atoms with E-state index in [-0.39, 0.29) is 18.1 Å². The standard InChI is InChI=1S/C15H28N2O2/c1-12-4-7-15(11-18,8-5-12)17-14(19)3-2-13-6-9-16-10-13/h12-13,16,18H,2-11H2,1H3,(H,17,19). The third kappa shape index (κ3) is 4.18. The highest BCUT2D eigenvalue weighted by molar-refractivity contribution is 5.76. The van der Waals surface area contributed by atoms with Crippen molar-refractivity contribution >= 4 is 5.91 Å². The topological polar surface area (TPSA) is 61.4 Å². The van der Waals surface area contributed by atoms with Crippen LogP contribution in [0.25, 0.3) is 0 Å². The molecule has 0 aromatic rings. The minimum atomic E-state index is -0.336. The summed E-state index contributed by atoms with van der Waals surface area (Å²) >= 11 is 0. The van der Waals surface area contributed by atoms with Crippen LogP contribution in [-0.2, 0) is 4.79 Å². The molecular formula is C15H28N2O2. The van der Waals surface area contributed by atoms with Crippen molar-refractivity contribution in [2.75, 3.05) is 19.7 Å². The van der Waals surface area contributed by atoms with Crippen LogP contribution in [-0.4, -0.2) is 36.2 Å². The first-order chi connectivity index (χ1) is 9.13. The van der Waals surface area contributed by atoms with E-state index in [1.165, 1.54) is 6.42 Å². The van der Waals surface area contributed by atoms with E-state index in [0.717, 1.165) is 51.1 Å². The van der Waals surface area contributed by atoms with Crippen LogP contribution in [0.15, 0.2) is 0 Å². The molecule has 0 aromatic heterocycles. The molecule has 1 amide bonds. The highest BCUT2D eigenvalue weighted by atomic mass is 16.3. The van der Waals surface area contributed by atoms with Crippen molar-refractivity contribution in [2.24, 2.45) is 11.8 Å². The number of rotatable bonds is 5. The molecule has 4 nitrogen and oxygen atoms in total. The molecule has 1 atom stereocenters. The summed E-state index contributed by atoms with van der Waals surface area (Å²) in [5, 5.41) is 16.1. The van der Waals surface area contributed by atoms with Crippen molar-refractivity contribution in [2.45, 2.75) is 57.4 Å². The normalized spacial score (nSPS) is 35.3. The summed E-state index contributed by atoms with van der Waals surface area (Å²) in [6.07, 6.45) is 6.81. The fraction of sp³-hybridized carbons (Fsp3) is 0.933. The van der Waals surface area contributed by atoms with Gasteiger partial charge in [-0.25, -0.2) is 0 Å². The average Bonchev–Trinajstić information content (AvgIpc) is 2.93. The lowest BCUT2D eigenvalue weighted by molar-refractivity contribution is -0.124. The Morgan fingerprint density at radius 2 is 2.11 bits per heavy atom. The minimum Gasteiger partial charge on any atom is -0.394 e. The summed E-state index contributed by atoms with van der Waals surface area (Å²) < 4.78 is 0. The zero-order valence-electron chi connectivity index (χ0n) is 12.1. The van der Waals surface area contributed by atoms with Crippen LogP contribution in [0.5, 0.6) is 0 Å². The fourth-order valence-corrected chi connectivity index (χ4v) is 3.29. The summed E-state index contributed by atoms with van der Waals surface area (Å²) in [5.74, 6) is 1.50. The van der Waals surface area contributed by atoms with E-state index >= 15 is 0 Å². The number of hydrogen-bond donors (Lipinski definition) is 3. The maximum Gasteiger partial charge on any atom is 0.220 e. The quantitative estimate of drug-likeness (QED) is 0.707. The summed E-state index contributed by atoms with van der Waals surface area (Å²) in [6, 6.07) is 0. The molecule has 2 fully saturated rings. The zero-order chi connectivity index (χ0) is 13.7. The molecule has 1 unspecified atom stereocenters. The van der Waals surface area contributed by atoms with Gasteiger partial charge in [-0.05, 0) is 63.5 Å². The fourth-order valence-electron chi connectivity index (χ4n) is 3.29. The van der Waals surface area contributed by atoms with E-state index in [1.807, 2.05) is 0 Å². The van der Waals surface area contributed by atoms with Crippen LogP contribution in [0.2, 0.25) is 0 Å². The van der Waals surface area contributed by atoms with Gasteiger partial charge < -0.3 is 15.7 Å². The second-order valence-corrected chi connectivity index (χ2v) is 6.57. The minimum absolute atomic E-state index is 0.0798. The van der Waals surface area contributed by atoms with Gasteiger partial charge >= 0.3 is 0 Å². The van der Waals surface area contributed by atoms with Crippen molar-refractivity contribution in [3.8, 4) is 0 Å². The van der Waals surface area contributed by atoms with E-state index in [4.69, 9.17) is 0 Å². The molecule has 1 aliphatic carbocycles. The molecule has 1 saturated heterocycles. The van der Waals surface area contributed by atoms with Crippen LogP contribution in [0.3, 0.4) is 0 Å². The van der Waals surface area contributed by atoms with Gasteiger partial charge in [0.15, 0.2) is 0 Å². The Morgan fingerprint density at radius 1 is 1.37 bits per heavy atom. The molecule has 110 valence electrons. The first kappa shape index (κ1) is 14.8. The molecule has 2 aliphatic rings. The van der Waals surface area contributed by atoms with Gasteiger partial charge in [-0.2, -0.15) is 0 Å². The van der Waals surface area contributed by atoms with Crippen molar-refractivity contribution < 1.29 is 9.90 Å². The lowest BCUT2D eigenvalue weighted by atomic mass is 9.77. The molecule has 0 radical (unpaired) electrons. The molecule has 0 bridgehead atoms. The Labute approximate surface area is 116 Å². The highest BCUT2D eigenvalue weighted by Gasteiger charge is 2.34. The third-order valence-electron chi connectivity index (χ3n) is 4.88. The Morgan fingerprint density at radius 3 is 2.68 bits per heavy atom. The smallest absolute Gasteiger partial charge is 0.220 e. The lowest BCUT2D eigenvalue weighted by Crippen LogP contribution is -2.53. The zero-order valence-corrected chi connectivity index (χ0v) is 12.1. The second kappa shape index (κ2) is 6.71. The van der Waals surface area contributed by atoms with Crippen LogP contribution in [0.4, 0.5) is 0 Å². The molecule has 0 aromatic carbocycles. The Kier molecular flexibility index (Phi) is 5.22. The molecule has 3 N–H and O–H groups in total. The van der Waals surface area contributed by atoms with Crippen molar-refractivity contribution in [3.63, 3.8) is 0 Å². The lowest BCUT2D eigenvalue weighted by Gasteiger charge is -2.38. The van der Waals surface area contributed by atoms with E-state index in [0.29, 0.717) is 12.3 Å². The second-order valence-electron chi connectivity index (χ2n) is 6.57. The monoisotopic (exact) mass is 268 g/mol. The van der Waals surface area contributed by atoms with Crippen molar-refractivity contribution in [1.29, 1.82) is 0 Å². The summed E-state index contributed by atoms with van der Waals surface area (Å²) in [4.78, 5) is 12.1. The largest absolute Gasteiger partial charge is 0.394 e. The first-order valence-corrected chi connectivity index (χ1v) is 7.76. The molecule has 0 spiro atoms. The number of aliphatic hydroxyl groups excluding tert-OH is 1. The molecule has 1 saturated carbocycles. The van der Waals surface area contributed by atoms with Crippen molar-refractivity contribution in [3.05, 3.63) is 0 Å². The Hall–Kier alpha value is -0.610. The summed E-state index contributed by atoms with van der Waals surface area (Å²) in [7, 11) is 0. The summed E-state index contributed by atoms with van der Waals surface area (Å²) in [6.45, 7) is 4.47. The van der Waals surface area contributed by atoms with Gasteiger partial charge in [-0.15, -0.1) is 0 Å². The van der Waals surface area contributed by atoms with Gasteiger partial charge in [0.05, 0.1) is 12.1 Å². The maximum atomic E-state index is 12.1. The molecule has 1 heterocycles. The molecule has 2 rings (SSSR count). The van der Waals surface area contributed by atoms with Gasteiger partial charge in [-0.1, -0.05) is 6.92 Å². The van der Waals surface area contributed by atoms with Gasteiger partial charge in [0.25, 0.3) is 0 Å². The third-order valence-corrected chi connectivity index (χ3v) is 4.88. The highest BCUT2D eigenvalue weighted by Crippen LogP contribution is 2.31. The average molecular weight is 268 g/mol.